The third-order valence-corrected chi connectivity index (χ3v) is 4.51. The zero-order valence-corrected chi connectivity index (χ0v) is 12.0. The quantitative estimate of drug-likeness (QED) is 0.767. The highest BCUT2D eigenvalue weighted by Gasteiger charge is 2.29. The van der Waals surface area contributed by atoms with Crippen LogP contribution in [0.15, 0.2) is 0 Å². The molecule has 0 saturated carbocycles. The first-order valence-electron chi connectivity index (χ1n) is 7.48. The predicted molar refractivity (Wildman–Crippen MR) is 74.3 cm³/mol. The van der Waals surface area contributed by atoms with Gasteiger partial charge in [0.1, 0.15) is 0 Å². The molecule has 0 aromatic rings. The molecule has 1 atom stereocenters. The molecule has 0 spiro atoms. The second kappa shape index (κ2) is 6.04. The number of rotatable bonds is 4. The van der Waals surface area contributed by atoms with Gasteiger partial charge in [0.05, 0.1) is 11.5 Å². The van der Waals surface area contributed by atoms with Gasteiger partial charge in [0.25, 0.3) is 0 Å². The van der Waals surface area contributed by atoms with Gasteiger partial charge in [-0.3, -0.25) is 4.90 Å². The van der Waals surface area contributed by atoms with E-state index in [1.165, 1.54) is 51.9 Å². The predicted octanol–water partition coefficient (Wildman–Crippen LogP) is 2.49. The van der Waals surface area contributed by atoms with Crippen molar-refractivity contribution in [3.05, 3.63) is 0 Å². The Morgan fingerprint density at radius 3 is 2.56 bits per heavy atom. The van der Waals surface area contributed by atoms with Gasteiger partial charge >= 0.3 is 0 Å². The third kappa shape index (κ3) is 3.70. The van der Waals surface area contributed by atoms with E-state index in [1.807, 2.05) is 13.8 Å². The summed E-state index contributed by atoms with van der Waals surface area (Å²) in [5, 5.41) is 9.05. The number of likely N-dealkylation sites (tertiary alicyclic amines) is 2. The standard InChI is InChI=1S/C15H27N3/c1-15(2,13-16)7-11-17-10-6-14(12-17)18-8-4-3-5-9-18/h14H,3-12H2,1-2H3. The van der Waals surface area contributed by atoms with Crippen LogP contribution in [0.3, 0.4) is 0 Å². The highest BCUT2D eigenvalue weighted by atomic mass is 15.3. The molecule has 2 aliphatic heterocycles. The van der Waals surface area contributed by atoms with E-state index in [2.05, 4.69) is 15.9 Å². The monoisotopic (exact) mass is 249 g/mol. The summed E-state index contributed by atoms with van der Waals surface area (Å²) in [5.41, 5.74) is -0.163. The van der Waals surface area contributed by atoms with E-state index < -0.39 is 0 Å². The third-order valence-electron chi connectivity index (χ3n) is 4.51. The van der Waals surface area contributed by atoms with Crippen molar-refractivity contribution in [3.63, 3.8) is 0 Å². The lowest BCUT2D eigenvalue weighted by Crippen LogP contribution is -2.41. The van der Waals surface area contributed by atoms with Crippen LogP contribution >= 0.6 is 0 Å². The fourth-order valence-electron chi connectivity index (χ4n) is 3.09. The van der Waals surface area contributed by atoms with Crippen LogP contribution in [0.2, 0.25) is 0 Å². The summed E-state index contributed by atoms with van der Waals surface area (Å²) in [6, 6.07) is 3.19. The molecule has 2 heterocycles. The van der Waals surface area contributed by atoms with Crippen LogP contribution in [-0.2, 0) is 0 Å². The normalized spacial score (nSPS) is 27.3. The van der Waals surface area contributed by atoms with Crippen LogP contribution in [0.5, 0.6) is 0 Å². The lowest BCUT2D eigenvalue weighted by atomic mass is 9.91. The van der Waals surface area contributed by atoms with Gasteiger partial charge in [0, 0.05) is 12.6 Å². The van der Waals surface area contributed by atoms with Crippen LogP contribution < -0.4 is 0 Å². The number of hydrogen-bond donors (Lipinski definition) is 0. The van der Waals surface area contributed by atoms with E-state index in [0.29, 0.717) is 0 Å². The molecule has 0 aliphatic carbocycles. The summed E-state index contributed by atoms with van der Waals surface area (Å²) in [5.74, 6) is 0. The van der Waals surface area contributed by atoms with Gasteiger partial charge in [-0.1, -0.05) is 6.42 Å². The van der Waals surface area contributed by atoms with Gasteiger partial charge in [-0.25, -0.2) is 0 Å². The second-order valence-electron chi connectivity index (χ2n) is 6.59. The Labute approximate surface area is 112 Å². The van der Waals surface area contributed by atoms with Crippen LogP contribution in [0.4, 0.5) is 0 Å². The number of nitriles is 1. The molecule has 0 aromatic heterocycles. The zero-order valence-electron chi connectivity index (χ0n) is 12.0. The van der Waals surface area contributed by atoms with Gasteiger partial charge in [0.15, 0.2) is 0 Å². The summed E-state index contributed by atoms with van der Waals surface area (Å²) < 4.78 is 0. The molecule has 0 radical (unpaired) electrons. The molecule has 102 valence electrons. The lowest BCUT2D eigenvalue weighted by Gasteiger charge is -2.32. The Kier molecular flexibility index (Phi) is 4.64. The maximum Gasteiger partial charge on any atom is 0.0684 e. The van der Waals surface area contributed by atoms with Gasteiger partial charge in [-0.15, -0.1) is 0 Å². The molecule has 2 saturated heterocycles. The van der Waals surface area contributed by atoms with Crippen molar-refractivity contribution in [2.24, 2.45) is 5.41 Å². The molecule has 18 heavy (non-hydrogen) atoms. The van der Waals surface area contributed by atoms with Crippen molar-refractivity contribution in [3.8, 4) is 6.07 Å². The van der Waals surface area contributed by atoms with Crippen LogP contribution in [-0.4, -0.2) is 48.6 Å². The van der Waals surface area contributed by atoms with Crippen molar-refractivity contribution >= 4 is 0 Å². The van der Waals surface area contributed by atoms with Crippen LogP contribution in [0, 0.1) is 16.7 Å². The highest BCUT2D eigenvalue weighted by Crippen LogP contribution is 2.23. The van der Waals surface area contributed by atoms with E-state index in [0.717, 1.165) is 19.0 Å². The van der Waals surface area contributed by atoms with Crippen molar-refractivity contribution < 1.29 is 0 Å². The van der Waals surface area contributed by atoms with E-state index in [9.17, 15) is 0 Å². The maximum absolute atomic E-state index is 9.05. The maximum atomic E-state index is 9.05. The van der Waals surface area contributed by atoms with Crippen LogP contribution in [0.25, 0.3) is 0 Å². The number of piperidine rings is 1. The van der Waals surface area contributed by atoms with Gasteiger partial charge in [0.2, 0.25) is 0 Å². The first kappa shape index (κ1) is 13.8. The van der Waals surface area contributed by atoms with Gasteiger partial charge in [-0.2, -0.15) is 5.26 Å². The Hall–Kier alpha value is -0.590. The minimum absolute atomic E-state index is 0.163. The van der Waals surface area contributed by atoms with Crippen molar-refractivity contribution in [2.45, 2.75) is 52.0 Å². The van der Waals surface area contributed by atoms with E-state index in [4.69, 9.17) is 5.26 Å². The van der Waals surface area contributed by atoms with Crippen molar-refractivity contribution in [1.29, 1.82) is 5.26 Å². The van der Waals surface area contributed by atoms with E-state index in [-0.39, 0.29) is 5.41 Å². The molecule has 0 amide bonds. The first-order valence-corrected chi connectivity index (χ1v) is 7.48. The fraction of sp³-hybridized carbons (Fsp3) is 0.933. The molecule has 2 rings (SSSR count). The summed E-state index contributed by atoms with van der Waals surface area (Å²) in [4.78, 5) is 5.25. The molecule has 0 bridgehead atoms. The second-order valence-corrected chi connectivity index (χ2v) is 6.59. The van der Waals surface area contributed by atoms with Gasteiger partial charge in [-0.05, 0) is 65.7 Å². The summed E-state index contributed by atoms with van der Waals surface area (Å²) in [7, 11) is 0. The summed E-state index contributed by atoms with van der Waals surface area (Å²) in [6.07, 6.45) is 6.52. The van der Waals surface area contributed by atoms with Gasteiger partial charge < -0.3 is 4.90 Å². The molecular weight excluding hydrogens is 222 g/mol. The Bertz CT molecular complexity index is 299. The largest absolute Gasteiger partial charge is 0.302 e. The molecule has 2 fully saturated rings. The Balaban J connectivity index is 1.73. The number of nitrogens with zero attached hydrogens (tertiary/aromatic N) is 3. The zero-order chi connectivity index (χ0) is 13.0. The Morgan fingerprint density at radius 2 is 1.89 bits per heavy atom. The fourth-order valence-corrected chi connectivity index (χ4v) is 3.09. The van der Waals surface area contributed by atoms with Crippen molar-refractivity contribution in [1.82, 2.24) is 9.80 Å². The highest BCUT2D eigenvalue weighted by molar-refractivity contribution is 4.93. The minimum Gasteiger partial charge on any atom is -0.302 e. The smallest absolute Gasteiger partial charge is 0.0684 e. The molecule has 0 N–H and O–H groups in total. The SMILES string of the molecule is CC(C)(C#N)CCN1CCC(N2CCCCC2)C1. The first-order chi connectivity index (χ1) is 8.61. The summed E-state index contributed by atoms with van der Waals surface area (Å²) in [6.45, 7) is 10.2. The topological polar surface area (TPSA) is 30.3 Å². The minimum atomic E-state index is -0.163. The van der Waals surface area contributed by atoms with E-state index >= 15 is 0 Å². The van der Waals surface area contributed by atoms with Crippen LogP contribution in [0.1, 0.15) is 46.0 Å². The number of hydrogen-bond acceptors (Lipinski definition) is 3. The average molecular weight is 249 g/mol. The Morgan fingerprint density at radius 1 is 1.17 bits per heavy atom. The molecule has 0 aromatic carbocycles. The molecule has 1 unspecified atom stereocenters. The molecular formula is C15H27N3. The lowest BCUT2D eigenvalue weighted by molar-refractivity contribution is 0.160. The molecule has 3 heteroatoms. The summed E-state index contributed by atoms with van der Waals surface area (Å²) >= 11 is 0. The van der Waals surface area contributed by atoms with E-state index in [1.54, 1.807) is 0 Å². The average Bonchev–Trinajstić information content (AvgIpc) is 2.86. The molecule has 3 nitrogen and oxygen atoms in total. The molecule has 2 aliphatic rings. The van der Waals surface area contributed by atoms with Crippen molar-refractivity contribution in [2.75, 3.05) is 32.7 Å².